The number of hydrogen-bond acceptors (Lipinski definition) is 2. The molecule has 0 aliphatic rings. The zero-order valence-electron chi connectivity index (χ0n) is 7.92. The summed E-state index contributed by atoms with van der Waals surface area (Å²) in [6.07, 6.45) is -2.09. The molecule has 2 heterocycles. The Morgan fingerprint density at radius 3 is 2.69 bits per heavy atom. The maximum atomic E-state index is 12.5. The van der Waals surface area contributed by atoms with Crippen molar-refractivity contribution in [2.24, 2.45) is 5.73 Å². The summed E-state index contributed by atoms with van der Waals surface area (Å²) in [5, 5.41) is -0.0467. The van der Waals surface area contributed by atoms with Crippen molar-refractivity contribution in [1.29, 1.82) is 0 Å². The van der Waals surface area contributed by atoms with Crippen LogP contribution in [0.4, 0.5) is 13.2 Å². The predicted octanol–water partition coefficient (Wildman–Crippen LogP) is 2.47. The Bertz CT molecular complexity index is 533. The minimum absolute atomic E-state index is 0.0467. The van der Waals surface area contributed by atoms with Gasteiger partial charge >= 0.3 is 6.18 Å². The van der Waals surface area contributed by atoms with Crippen molar-refractivity contribution in [3.63, 3.8) is 0 Å². The van der Waals surface area contributed by atoms with Crippen molar-refractivity contribution >= 4 is 17.2 Å². The Kier molecular flexibility index (Phi) is 2.55. The van der Waals surface area contributed by atoms with Crippen molar-refractivity contribution in [2.75, 3.05) is 0 Å². The number of imidazole rings is 1. The van der Waals surface area contributed by atoms with Gasteiger partial charge in [-0.05, 0) is 6.07 Å². The van der Waals surface area contributed by atoms with Crippen LogP contribution in [0.2, 0.25) is 5.02 Å². The molecule has 0 atom stereocenters. The molecule has 86 valence electrons. The molecular formula is C9H7ClF3N3. The molecule has 0 aromatic carbocycles. The summed E-state index contributed by atoms with van der Waals surface area (Å²) < 4.78 is 38.8. The fourth-order valence-electron chi connectivity index (χ4n) is 1.40. The van der Waals surface area contributed by atoms with Gasteiger partial charge in [-0.15, -0.1) is 0 Å². The van der Waals surface area contributed by atoms with E-state index in [1.54, 1.807) is 0 Å². The standard InChI is InChI=1S/C9H7ClF3N3/c10-7-1-5(9(11,12)13)4-16-6(2-14)3-15-8(7)16/h1,3-4H,2,14H2. The normalized spacial score (nSPS) is 12.3. The lowest BCUT2D eigenvalue weighted by Crippen LogP contribution is -2.08. The predicted molar refractivity (Wildman–Crippen MR) is 53.1 cm³/mol. The topological polar surface area (TPSA) is 43.3 Å². The number of hydrogen-bond donors (Lipinski definition) is 1. The molecule has 0 bridgehead atoms. The van der Waals surface area contributed by atoms with E-state index in [0.717, 1.165) is 12.3 Å². The van der Waals surface area contributed by atoms with Gasteiger partial charge in [-0.2, -0.15) is 13.2 Å². The highest BCUT2D eigenvalue weighted by atomic mass is 35.5. The minimum atomic E-state index is -4.44. The minimum Gasteiger partial charge on any atom is -0.325 e. The maximum Gasteiger partial charge on any atom is 0.417 e. The van der Waals surface area contributed by atoms with Gasteiger partial charge in [0.2, 0.25) is 0 Å². The molecule has 0 saturated heterocycles. The van der Waals surface area contributed by atoms with E-state index in [0.29, 0.717) is 5.69 Å². The first kappa shape index (κ1) is 11.2. The molecule has 0 saturated carbocycles. The van der Waals surface area contributed by atoms with E-state index < -0.39 is 11.7 Å². The van der Waals surface area contributed by atoms with Crippen LogP contribution in [0, 0.1) is 0 Å². The van der Waals surface area contributed by atoms with E-state index in [1.165, 1.54) is 10.6 Å². The van der Waals surface area contributed by atoms with Gasteiger partial charge in [-0.3, -0.25) is 0 Å². The lowest BCUT2D eigenvalue weighted by Gasteiger charge is -2.09. The van der Waals surface area contributed by atoms with Crippen molar-refractivity contribution < 1.29 is 13.2 Å². The molecule has 0 aliphatic carbocycles. The van der Waals surface area contributed by atoms with Gasteiger partial charge in [-0.1, -0.05) is 11.6 Å². The summed E-state index contributed by atoms with van der Waals surface area (Å²) >= 11 is 5.71. The number of nitrogens with two attached hydrogens (primary N) is 1. The first-order valence-corrected chi connectivity index (χ1v) is 4.74. The van der Waals surface area contributed by atoms with Gasteiger partial charge in [0.25, 0.3) is 0 Å². The molecule has 7 heteroatoms. The summed E-state index contributed by atoms with van der Waals surface area (Å²) in [6, 6.07) is 0.851. The number of alkyl halides is 3. The number of fused-ring (bicyclic) bond motifs is 1. The van der Waals surface area contributed by atoms with Crippen LogP contribution in [0.15, 0.2) is 18.5 Å². The van der Waals surface area contributed by atoms with Crippen LogP contribution in [-0.4, -0.2) is 9.38 Å². The van der Waals surface area contributed by atoms with E-state index in [9.17, 15) is 13.2 Å². The molecule has 2 aromatic rings. The summed E-state index contributed by atoms with van der Waals surface area (Å²) in [7, 11) is 0. The summed E-state index contributed by atoms with van der Waals surface area (Å²) in [6.45, 7) is 0.0960. The fraction of sp³-hybridized carbons (Fsp3) is 0.222. The molecule has 2 rings (SSSR count). The van der Waals surface area contributed by atoms with Crippen LogP contribution in [0.1, 0.15) is 11.3 Å². The second kappa shape index (κ2) is 3.64. The molecule has 16 heavy (non-hydrogen) atoms. The summed E-state index contributed by atoms with van der Waals surface area (Å²) in [5.74, 6) is 0. The highest BCUT2D eigenvalue weighted by molar-refractivity contribution is 6.33. The second-order valence-electron chi connectivity index (χ2n) is 3.22. The summed E-state index contributed by atoms with van der Waals surface area (Å²) in [5.41, 5.74) is 5.31. The molecule has 0 spiro atoms. The lowest BCUT2D eigenvalue weighted by atomic mass is 10.2. The molecular weight excluding hydrogens is 243 g/mol. The molecule has 0 amide bonds. The van der Waals surface area contributed by atoms with Gasteiger partial charge in [-0.25, -0.2) is 4.98 Å². The zero-order valence-corrected chi connectivity index (χ0v) is 8.68. The SMILES string of the molecule is NCc1cnc2c(Cl)cc(C(F)(F)F)cn12. The van der Waals surface area contributed by atoms with Gasteiger partial charge in [0.05, 0.1) is 22.5 Å². The maximum absolute atomic E-state index is 12.5. The molecule has 0 aliphatic heterocycles. The van der Waals surface area contributed by atoms with Crippen molar-refractivity contribution in [2.45, 2.75) is 12.7 Å². The number of nitrogens with zero attached hydrogens (tertiary/aromatic N) is 2. The zero-order chi connectivity index (χ0) is 11.9. The smallest absolute Gasteiger partial charge is 0.325 e. The Hall–Kier alpha value is -1.27. The third-order valence-corrected chi connectivity index (χ3v) is 2.45. The third-order valence-electron chi connectivity index (χ3n) is 2.17. The molecule has 0 radical (unpaired) electrons. The average Bonchev–Trinajstić information content (AvgIpc) is 2.59. The molecule has 0 unspecified atom stereocenters. The second-order valence-corrected chi connectivity index (χ2v) is 3.63. The van der Waals surface area contributed by atoms with Crippen LogP contribution in [0.3, 0.4) is 0 Å². The van der Waals surface area contributed by atoms with E-state index in [-0.39, 0.29) is 17.2 Å². The van der Waals surface area contributed by atoms with E-state index >= 15 is 0 Å². The Morgan fingerprint density at radius 2 is 2.12 bits per heavy atom. The van der Waals surface area contributed by atoms with Gasteiger partial charge < -0.3 is 10.1 Å². The van der Waals surface area contributed by atoms with Crippen LogP contribution < -0.4 is 5.73 Å². The van der Waals surface area contributed by atoms with Crippen LogP contribution >= 0.6 is 11.6 Å². The molecule has 2 N–H and O–H groups in total. The largest absolute Gasteiger partial charge is 0.417 e. The molecule has 3 nitrogen and oxygen atoms in total. The quantitative estimate of drug-likeness (QED) is 0.844. The average molecular weight is 250 g/mol. The Balaban J connectivity index is 2.73. The van der Waals surface area contributed by atoms with E-state index in [4.69, 9.17) is 17.3 Å². The third kappa shape index (κ3) is 1.74. The van der Waals surface area contributed by atoms with Crippen LogP contribution in [0.5, 0.6) is 0 Å². The molecule has 2 aromatic heterocycles. The number of pyridine rings is 1. The monoisotopic (exact) mass is 249 g/mol. The van der Waals surface area contributed by atoms with Crippen molar-refractivity contribution in [3.05, 3.63) is 34.7 Å². The van der Waals surface area contributed by atoms with E-state index in [2.05, 4.69) is 4.98 Å². The van der Waals surface area contributed by atoms with E-state index in [1.807, 2.05) is 0 Å². The van der Waals surface area contributed by atoms with Gasteiger partial charge in [0.1, 0.15) is 0 Å². The summed E-state index contributed by atoms with van der Waals surface area (Å²) in [4.78, 5) is 3.90. The van der Waals surface area contributed by atoms with Crippen LogP contribution in [-0.2, 0) is 12.7 Å². The Labute approximate surface area is 93.6 Å². The molecule has 0 fully saturated rings. The fourth-order valence-corrected chi connectivity index (χ4v) is 1.66. The number of halogens is 4. The van der Waals surface area contributed by atoms with Gasteiger partial charge in [0.15, 0.2) is 5.65 Å². The lowest BCUT2D eigenvalue weighted by molar-refractivity contribution is -0.137. The number of rotatable bonds is 1. The van der Waals surface area contributed by atoms with Gasteiger partial charge in [0, 0.05) is 12.7 Å². The highest BCUT2D eigenvalue weighted by Gasteiger charge is 2.32. The first-order chi connectivity index (χ1) is 7.43. The first-order valence-electron chi connectivity index (χ1n) is 4.36. The van der Waals surface area contributed by atoms with Crippen molar-refractivity contribution in [1.82, 2.24) is 9.38 Å². The van der Waals surface area contributed by atoms with Crippen molar-refractivity contribution in [3.8, 4) is 0 Å². The van der Waals surface area contributed by atoms with Crippen LogP contribution in [0.25, 0.3) is 5.65 Å². The highest BCUT2D eigenvalue weighted by Crippen LogP contribution is 2.32. The Morgan fingerprint density at radius 1 is 1.44 bits per heavy atom. The number of aromatic nitrogens is 2.